The van der Waals surface area contributed by atoms with E-state index in [1.54, 1.807) is 6.07 Å². The number of rotatable bonds is 7. The minimum atomic E-state index is -0.233. The minimum Gasteiger partial charge on any atom is -0.494 e. The lowest BCUT2D eigenvalue weighted by molar-refractivity contribution is 0.102. The van der Waals surface area contributed by atoms with Crippen LogP contribution >= 0.6 is 0 Å². The molecule has 1 N–H and O–H groups in total. The van der Waals surface area contributed by atoms with Crippen molar-refractivity contribution in [1.29, 1.82) is 0 Å². The molecular formula is C24H26N4O3. The normalized spacial score (nSPS) is 12.6. The zero-order valence-corrected chi connectivity index (χ0v) is 17.8. The number of nitrogens with one attached hydrogen (secondary N) is 1. The van der Waals surface area contributed by atoms with Crippen LogP contribution in [-0.4, -0.2) is 35.6 Å². The molecule has 0 atom stereocenters. The maximum absolute atomic E-state index is 13.0. The number of aromatic nitrogens is 2. The molecule has 31 heavy (non-hydrogen) atoms. The van der Waals surface area contributed by atoms with Crippen LogP contribution in [0, 0.1) is 0 Å². The summed E-state index contributed by atoms with van der Waals surface area (Å²) < 4.78 is 11.5. The summed E-state index contributed by atoms with van der Waals surface area (Å²) in [4.78, 5) is 24.0. The lowest BCUT2D eigenvalue weighted by atomic mass is 10.1. The molecule has 7 heteroatoms. The third kappa shape index (κ3) is 4.60. The van der Waals surface area contributed by atoms with Crippen LogP contribution in [0.3, 0.4) is 0 Å². The largest absolute Gasteiger partial charge is 0.494 e. The van der Waals surface area contributed by atoms with E-state index in [4.69, 9.17) is 9.47 Å². The fraction of sp³-hybridized carbons (Fsp3) is 0.292. The number of amides is 1. The third-order valence-corrected chi connectivity index (χ3v) is 5.02. The molecule has 0 aliphatic carbocycles. The van der Waals surface area contributed by atoms with Gasteiger partial charge in [-0.05, 0) is 54.8 Å². The quantitative estimate of drug-likeness (QED) is 0.604. The van der Waals surface area contributed by atoms with Crippen molar-refractivity contribution in [1.82, 2.24) is 9.97 Å². The number of aryl methyl sites for hydroxylation is 1. The van der Waals surface area contributed by atoms with Gasteiger partial charge >= 0.3 is 0 Å². The second kappa shape index (κ2) is 9.47. The molecule has 1 aliphatic heterocycles. The molecule has 160 valence electrons. The van der Waals surface area contributed by atoms with E-state index in [2.05, 4.69) is 29.1 Å². The van der Waals surface area contributed by atoms with Crippen LogP contribution in [0.4, 0.5) is 17.3 Å². The van der Waals surface area contributed by atoms with Gasteiger partial charge in [0.05, 0.1) is 24.4 Å². The zero-order valence-electron chi connectivity index (χ0n) is 17.8. The Labute approximate surface area is 182 Å². The van der Waals surface area contributed by atoms with Crippen molar-refractivity contribution in [3.05, 3.63) is 66.0 Å². The number of benzene rings is 2. The van der Waals surface area contributed by atoms with E-state index in [-0.39, 0.29) is 5.91 Å². The molecule has 0 bridgehead atoms. The first-order valence-electron chi connectivity index (χ1n) is 10.6. The number of carbonyl (C=O) groups excluding carboxylic acids is 1. The predicted octanol–water partition coefficient (Wildman–Crippen LogP) is 4.61. The lowest BCUT2D eigenvalue weighted by Crippen LogP contribution is -2.31. The zero-order chi connectivity index (χ0) is 21.6. The first-order chi connectivity index (χ1) is 15.2. The van der Waals surface area contributed by atoms with Crippen molar-refractivity contribution in [2.24, 2.45) is 0 Å². The summed E-state index contributed by atoms with van der Waals surface area (Å²) in [5.74, 6) is 1.69. The number of ether oxygens (including phenoxy) is 2. The van der Waals surface area contributed by atoms with Gasteiger partial charge in [-0.3, -0.25) is 4.79 Å². The molecule has 1 aliphatic rings. The van der Waals surface area contributed by atoms with E-state index in [0.717, 1.165) is 29.8 Å². The highest BCUT2D eigenvalue weighted by atomic mass is 16.5. The second-order valence-electron chi connectivity index (χ2n) is 7.23. The van der Waals surface area contributed by atoms with Crippen molar-refractivity contribution >= 4 is 23.2 Å². The van der Waals surface area contributed by atoms with Gasteiger partial charge in [0, 0.05) is 18.1 Å². The van der Waals surface area contributed by atoms with E-state index in [9.17, 15) is 4.79 Å². The molecule has 1 amide bonds. The average molecular weight is 418 g/mol. The summed E-state index contributed by atoms with van der Waals surface area (Å²) in [5, 5.41) is 2.94. The molecule has 1 aromatic heterocycles. The predicted molar refractivity (Wildman–Crippen MR) is 121 cm³/mol. The second-order valence-corrected chi connectivity index (χ2v) is 7.23. The highest BCUT2D eigenvalue weighted by molar-refractivity contribution is 6.07. The molecule has 3 aromatic rings. The number of nitrogens with zero attached hydrogens (tertiary/aromatic N) is 3. The fourth-order valence-corrected chi connectivity index (χ4v) is 3.36. The number of para-hydroxylation sites is 1. The Morgan fingerprint density at radius 2 is 1.90 bits per heavy atom. The maximum atomic E-state index is 13.0. The number of fused-ring (bicyclic) bond motifs is 1. The highest BCUT2D eigenvalue weighted by Gasteiger charge is 2.26. The van der Waals surface area contributed by atoms with Gasteiger partial charge in [-0.2, -0.15) is 0 Å². The molecule has 0 saturated heterocycles. The van der Waals surface area contributed by atoms with Crippen LogP contribution in [0.25, 0.3) is 0 Å². The topological polar surface area (TPSA) is 76.6 Å². The third-order valence-electron chi connectivity index (χ3n) is 5.02. The minimum absolute atomic E-state index is 0.233. The first-order valence-corrected chi connectivity index (χ1v) is 10.6. The number of hydrogen-bond donors (Lipinski definition) is 1. The molecule has 7 nitrogen and oxygen atoms in total. The van der Waals surface area contributed by atoms with Crippen LogP contribution in [0.5, 0.6) is 11.5 Å². The number of carbonyl (C=O) groups is 1. The molecule has 4 rings (SSSR count). The van der Waals surface area contributed by atoms with Crippen LogP contribution in [0.1, 0.15) is 36.2 Å². The molecule has 0 radical (unpaired) electrons. The van der Waals surface area contributed by atoms with Gasteiger partial charge in [-0.25, -0.2) is 9.97 Å². The van der Waals surface area contributed by atoms with Gasteiger partial charge in [0.1, 0.15) is 12.4 Å². The first kappa shape index (κ1) is 20.7. The molecular weight excluding hydrogens is 392 g/mol. The number of hydrogen-bond acceptors (Lipinski definition) is 6. The Kier molecular flexibility index (Phi) is 6.31. The van der Waals surface area contributed by atoms with E-state index in [0.29, 0.717) is 42.7 Å². The molecule has 2 aromatic carbocycles. The van der Waals surface area contributed by atoms with Gasteiger partial charge in [0.25, 0.3) is 5.91 Å². The van der Waals surface area contributed by atoms with E-state index in [1.165, 1.54) is 0 Å². The van der Waals surface area contributed by atoms with Crippen LogP contribution in [0.2, 0.25) is 0 Å². The summed E-state index contributed by atoms with van der Waals surface area (Å²) >= 11 is 0. The Morgan fingerprint density at radius 3 is 2.61 bits per heavy atom. The van der Waals surface area contributed by atoms with Crippen LogP contribution < -0.4 is 19.7 Å². The molecule has 2 heterocycles. The molecule has 0 unspecified atom stereocenters. The number of anilines is 3. The summed E-state index contributed by atoms with van der Waals surface area (Å²) in [7, 11) is 0. The molecule has 0 saturated carbocycles. The smallest absolute Gasteiger partial charge is 0.259 e. The van der Waals surface area contributed by atoms with Gasteiger partial charge in [0.2, 0.25) is 5.95 Å². The van der Waals surface area contributed by atoms with E-state index >= 15 is 0 Å². The van der Waals surface area contributed by atoms with Crippen molar-refractivity contribution in [2.75, 3.05) is 30.0 Å². The van der Waals surface area contributed by atoms with Crippen molar-refractivity contribution in [2.45, 2.75) is 26.7 Å². The fourth-order valence-electron chi connectivity index (χ4n) is 3.36. The summed E-state index contributed by atoms with van der Waals surface area (Å²) in [6.45, 7) is 5.85. The van der Waals surface area contributed by atoms with Crippen LogP contribution in [0.15, 0.2) is 54.9 Å². The standard InChI is InChI=1S/C24H26N4O3/c1-3-13-30-19-10-8-18(9-11-19)27-23(29)20-6-5-7-21-22(20)31-14-12-28(21)24-25-15-17(4-2)16-26-24/h5-11,15-16H,3-4,12-14H2,1-2H3,(H,27,29). The highest BCUT2D eigenvalue weighted by Crippen LogP contribution is 2.38. The van der Waals surface area contributed by atoms with Gasteiger partial charge in [-0.1, -0.05) is 19.9 Å². The van der Waals surface area contributed by atoms with E-state index in [1.807, 2.05) is 53.7 Å². The van der Waals surface area contributed by atoms with Crippen molar-refractivity contribution in [3.63, 3.8) is 0 Å². The van der Waals surface area contributed by atoms with Crippen molar-refractivity contribution < 1.29 is 14.3 Å². The molecule has 0 fully saturated rings. The van der Waals surface area contributed by atoms with Gasteiger partial charge in [-0.15, -0.1) is 0 Å². The lowest BCUT2D eigenvalue weighted by Gasteiger charge is -2.30. The molecule has 0 spiro atoms. The van der Waals surface area contributed by atoms with Crippen molar-refractivity contribution in [3.8, 4) is 11.5 Å². The Morgan fingerprint density at radius 1 is 1.13 bits per heavy atom. The monoisotopic (exact) mass is 418 g/mol. The Hall–Kier alpha value is -3.61. The summed E-state index contributed by atoms with van der Waals surface area (Å²) in [6, 6.07) is 12.9. The van der Waals surface area contributed by atoms with Crippen LogP contribution in [-0.2, 0) is 6.42 Å². The van der Waals surface area contributed by atoms with E-state index < -0.39 is 0 Å². The van der Waals surface area contributed by atoms with Gasteiger partial charge < -0.3 is 19.7 Å². The maximum Gasteiger partial charge on any atom is 0.259 e. The summed E-state index contributed by atoms with van der Waals surface area (Å²) in [5.41, 5.74) is 3.03. The average Bonchev–Trinajstić information content (AvgIpc) is 2.83. The summed E-state index contributed by atoms with van der Waals surface area (Å²) in [6.07, 6.45) is 5.50. The Balaban J connectivity index is 1.55. The Bertz CT molecular complexity index is 1040. The SMILES string of the molecule is CCCOc1ccc(NC(=O)c2cccc3c2OCCN3c2ncc(CC)cn2)cc1. The van der Waals surface area contributed by atoms with Gasteiger partial charge in [0.15, 0.2) is 5.75 Å².